The Morgan fingerprint density at radius 3 is 2.76 bits per heavy atom. The van der Waals surface area contributed by atoms with Crippen molar-refractivity contribution >= 4 is 51.5 Å². The van der Waals surface area contributed by atoms with E-state index < -0.39 is 0 Å². The minimum absolute atomic E-state index is 0.0962. The topological polar surface area (TPSA) is 46.1 Å². The normalized spacial score (nSPS) is 16.7. The summed E-state index contributed by atoms with van der Waals surface area (Å²) in [6, 6.07) is 0. The van der Waals surface area contributed by atoms with Gasteiger partial charge in [0.2, 0.25) is 0 Å². The molecule has 0 saturated carbocycles. The summed E-state index contributed by atoms with van der Waals surface area (Å²) in [5, 5.41) is 9.85. The first kappa shape index (κ1) is 12.7. The highest BCUT2D eigenvalue weighted by atomic mass is 127. The highest BCUT2D eigenvalue weighted by Gasteiger charge is 2.32. The van der Waals surface area contributed by atoms with E-state index in [2.05, 4.69) is 26.7 Å². The summed E-state index contributed by atoms with van der Waals surface area (Å²) in [4.78, 5) is 11.5. The zero-order chi connectivity index (χ0) is 12.8. The molecule has 1 aromatic heterocycles. The molecule has 90 valence electrons. The van der Waals surface area contributed by atoms with E-state index in [4.69, 9.17) is 0 Å². The number of carbonyl (C=O) groups is 1. The van der Waals surface area contributed by atoms with Gasteiger partial charge in [-0.1, -0.05) is 19.9 Å². The average molecular weight is 363 g/mol. The van der Waals surface area contributed by atoms with E-state index in [1.54, 1.807) is 33.4 Å². The minimum atomic E-state index is -0.230. The third kappa shape index (κ3) is 2.15. The highest BCUT2D eigenvalue weighted by Crippen LogP contribution is 2.27. The zero-order valence-corrected chi connectivity index (χ0v) is 12.4. The Morgan fingerprint density at radius 2 is 2.18 bits per heavy atom. The fraction of sp³-hybridized carbons (Fsp3) is 0.273. The van der Waals surface area contributed by atoms with Gasteiger partial charge in [-0.15, -0.1) is 3.97 Å². The van der Waals surface area contributed by atoms with Gasteiger partial charge in [0.15, 0.2) is 0 Å². The number of fused-ring (bicyclic) bond motifs is 1. The molecule has 0 radical (unpaired) electrons. The van der Waals surface area contributed by atoms with Crippen LogP contribution in [-0.2, 0) is 0 Å². The van der Waals surface area contributed by atoms with Gasteiger partial charge in [-0.2, -0.15) is 4.57 Å². The maximum atomic E-state index is 11.5. The Hall–Kier alpha value is -0.760. The standard InChI is InChI=1S/C11H11IN2O2S/c1-11(2)4-3-7-13(6-5-11)8(9(12)15)10(16)14(7)17/h3-6H,1-2H3,(H-,15,16,17)/p+1. The Kier molecular flexibility index (Phi) is 3.11. The Balaban J connectivity index is 2.73. The van der Waals surface area contributed by atoms with Gasteiger partial charge in [-0.05, 0) is 6.08 Å². The SMILES string of the molecule is CC1(C)C=Cc2n(S)c(O)c(C(=O)I)[n+]2C=C1. The van der Waals surface area contributed by atoms with E-state index in [9.17, 15) is 9.90 Å². The van der Waals surface area contributed by atoms with Gasteiger partial charge in [-0.25, -0.2) is 0 Å². The van der Waals surface area contributed by atoms with Crippen molar-refractivity contribution < 1.29 is 14.5 Å². The van der Waals surface area contributed by atoms with Crippen molar-refractivity contribution in [3.8, 4) is 5.88 Å². The second-order valence-corrected chi connectivity index (χ2v) is 5.84. The number of hydrogen-bond donors (Lipinski definition) is 2. The minimum Gasteiger partial charge on any atom is -0.474 e. The predicted octanol–water partition coefficient (Wildman–Crippen LogP) is 2.27. The average Bonchev–Trinajstić information content (AvgIpc) is 2.36. The molecule has 4 nitrogen and oxygen atoms in total. The number of carbonyl (C=O) groups excluding carboxylic acids is 1. The van der Waals surface area contributed by atoms with Crippen LogP contribution in [0.1, 0.15) is 30.2 Å². The second kappa shape index (κ2) is 4.16. The molecule has 0 atom stereocenters. The lowest BCUT2D eigenvalue weighted by Crippen LogP contribution is -2.33. The number of aromatic nitrogens is 2. The van der Waals surface area contributed by atoms with Crippen LogP contribution in [0, 0.1) is 5.41 Å². The first-order chi connectivity index (χ1) is 7.83. The molecule has 0 unspecified atom stereocenters. The third-order valence-electron chi connectivity index (χ3n) is 2.62. The lowest BCUT2D eigenvalue weighted by atomic mass is 9.93. The van der Waals surface area contributed by atoms with Gasteiger partial charge in [0.1, 0.15) is 0 Å². The van der Waals surface area contributed by atoms with Gasteiger partial charge in [-0.3, -0.25) is 4.79 Å². The fourth-order valence-electron chi connectivity index (χ4n) is 1.63. The quantitative estimate of drug-likeness (QED) is 0.348. The molecule has 0 amide bonds. The Bertz CT molecular complexity index is 558. The van der Waals surface area contributed by atoms with E-state index in [-0.39, 0.29) is 20.8 Å². The molecule has 1 aliphatic rings. The van der Waals surface area contributed by atoms with Crippen molar-refractivity contribution in [3.05, 3.63) is 23.7 Å². The van der Waals surface area contributed by atoms with Crippen molar-refractivity contribution in [2.24, 2.45) is 5.41 Å². The predicted molar refractivity (Wildman–Crippen MR) is 77.2 cm³/mol. The van der Waals surface area contributed by atoms with E-state index in [0.717, 1.165) is 0 Å². The number of imidazole rings is 1. The van der Waals surface area contributed by atoms with Crippen LogP contribution in [0.15, 0.2) is 12.2 Å². The molecule has 0 bridgehead atoms. The molecule has 0 spiro atoms. The molecule has 17 heavy (non-hydrogen) atoms. The molecule has 1 N–H and O–H groups in total. The van der Waals surface area contributed by atoms with Crippen molar-refractivity contribution in [2.45, 2.75) is 13.8 Å². The van der Waals surface area contributed by atoms with Crippen molar-refractivity contribution in [2.75, 3.05) is 0 Å². The smallest absolute Gasteiger partial charge is 0.347 e. The first-order valence-electron chi connectivity index (χ1n) is 5.00. The van der Waals surface area contributed by atoms with Gasteiger partial charge >= 0.3 is 11.7 Å². The number of allylic oxidation sites excluding steroid dienone is 2. The summed E-state index contributed by atoms with van der Waals surface area (Å²) < 4.78 is 2.71. The molecule has 2 heterocycles. The summed E-state index contributed by atoms with van der Waals surface area (Å²) in [5.74, 6) is 0.504. The van der Waals surface area contributed by atoms with Gasteiger partial charge in [0, 0.05) is 34.1 Å². The molecule has 6 heteroatoms. The number of rotatable bonds is 1. The first-order valence-corrected chi connectivity index (χ1v) is 6.48. The van der Waals surface area contributed by atoms with Crippen LogP contribution >= 0.6 is 35.4 Å². The summed E-state index contributed by atoms with van der Waals surface area (Å²) >= 11 is 5.82. The Morgan fingerprint density at radius 1 is 1.53 bits per heavy atom. The van der Waals surface area contributed by atoms with Crippen LogP contribution in [0.2, 0.25) is 0 Å². The number of hydrogen-bond acceptors (Lipinski definition) is 3. The van der Waals surface area contributed by atoms with Crippen LogP contribution in [0.5, 0.6) is 5.88 Å². The molecule has 1 aromatic rings. The maximum Gasteiger partial charge on any atom is 0.347 e. The lowest BCUT2D eigenvalue weighted by molar-refractivity contribution is -0.571. The molecule has 0 fully saturated rings. The highest BCUT2D eigenvalue weighted by molar-refractivity contribution is 14.1. The number of halogens is 1. The molecule has 2 rings (SSSR count). The lowest BCUT2D eigenvalue weighted by Gasteiger charge is -2.10. The molecule has 0 saturated heterocycles. The van der Waals surface area contributed by atoms with Crippen LogP contribution < -0.4 is 4.57 Å². The number of thiol groups is 1. The molecule has 1 aliphatic heterocycles. The number of nitrogens with zero attached hydrogens (tertiary/aromatic N) is 2. The largest absolute Gasteiger partial charge is 0.474 e. The second-order valence-electron chi connectivity index (χ2n) is 4.46. The van der Waals surface area contributed by atoms with E-state index >= 15 is 0 Å². The molecular weight excluding hydrogens is 351 g/mol. The van der Waals surface area contributed by atoms with Crippen molar-refractivity contribution in [1.82, 2.24) is 3.97 Å². The zero-order valence-electron chi connectivity index (χ0n) is 9.38. The monoisotopic (exact) mass is 363 g/mol. The molecular formula is C11H12IN2O2S+. The van der Waals surface area contributed by atoms with Crippen LogP contribution in [-0.4, -0.2) is 12.9 Å². The summed E-state index contributed by atoms with van der Waals surface area (Å²) in [6.07, 6.45) is 7.59. The number of aromatic hydroxyl groups is 1. The van der Waals surface area contributed by atoms with Crippen molar-refractivity contribution in [1.29, 1.82) is 0 Å². The van der Waals surface area contributed by atoms with Gasteiger partial charge < -0.3 is 5.11 Å². The van der Waals surface area contributed by atoms with E-state index in [1.807, 2.05) is 18.2 Å². The maximum absolute atomic E-state index is 11.5. The van der Waals surface area contributed by atoms with E-state index in [1.165, 1.54) is 3.97 Å². The fourth-order valence-corrected chi connectivity index (χ4v) is 2.39. The van der Waals surface area contributed by atoms with Crippen LogP contribution in [0.3, 0.4) is 0 Å². The van der Waals surface area contributed by atoms with Gasteiger partial charge in [0.25, 0.3) is 9.48 Å². The summed E-state index contributed by atoms with van der Waals surface area (Å²) in [5.41, 5.74) is 0.135. The molecule has 0 aromatic carbocycles. The Labute approximate surface area is 118 Å². The van der Waals surface area contributed by atoms with Crippen LogP contribution in [0.4, 0.5) is 0 Å². The third-order valence-corrected chi connectivity index (χ3v) is 3.52. The van der Waals surface area contributed by atoms with Crippen molar-refractivity contribution in [3.63, 3.8) is 0 Å². The van der Waals surface area contributed by atoms with Crippen LogP contribution in [0.25, 0.3) is 12.3 Å². The van der Waals surface area contributed by atoms with Gasteiger partial charge in [0.05, 0.1) is 19.0 Å². The summed E-state index contributed by atoms with van der Waals surface area (Å²) in [7, 11) is 0. The van der Waals surface area contributed by atoms with E-state index in [0.29, 0.717) is 5.82 Å². The molecule has 0 aliphatic carbocycles. The summed E-state index contributed by atoms with van der Waals surface area (Å²) in [6.45, 7) is 4.11.